The lowest BCUT2D eigenvalue weighted by Crippen LogP contribution is -2.41. The molecule has 0 aliphatic carbocycles. The first kappa shape index (κ1) is 18.8. The molecule has 27 heavy (non-hydrogen) atoms. The molecule has 3 aliphatic rings. The van der Waals surface area contributed by atoms with Gasteiger partial charge >= 0.3 is 0 Å². The molecule has 2 bridgehead atoms. The van der Waals surface area contributed by atoms with Gasteiger partial charge in [0.1, 0.15) is 5.82 Å². The SMILES string of the molecule is Cc1ncc(C(=O)NC[C@H]2[C@H]3CN(CCC(C)(C)C)C[C@]34CC[C@H]2O4)cn1. The van der Waals surface area contributed by atoms with Crippen molar-refractivity contribution in [1.29, 1.82) is 0 Å². The number of amides is 1. The van der Waals surface area contributed by atoms with E-state index in [9.17, 15) is 4.79 Å². The van der Waals surface area contributed by atoms with Crippen molar-refractivity contribution in [2.24, 2.45) is 17.3 Å². The summed E-state index contributed by atoms with van der Waals surface area (Å²) >= 11 is 0. The van der Waals surface area contributed by atoms with Crippen LogP contribution in [0.1, 0.15) is 56.2 Å². The van der Waals surface area contributed by atoms with Gasteiger partial charge < -0.3 is 15.0 Å². The number of likely N-dealkylation sites (tertiary alicyclic amines) is 1. The first-order valence-electron chi connectivity index (χ1n) is 10.2. The highest BCUT2D eigenvalue weighted by Gasteiger charge is 2.62. The second-order valence-electron chi connectivity index (χ2n) is 9.80. The molecule has 0 unspecified atom stereocenters. The molecule has 148 valence electrons. The van der Waals surface area contributed by atoms with Crippen molar-refractivity contribution in [3.05, 3.63) is 23.8 Å². The number of hydrogen-bond donors (Lipinski definition) is 1. The topological polar surface area (TPSA) is 67.4 Å². The summed E-state index contributed by atoms with van der Waals surface area (Å²) in [6.45, 7) is 12.7. The summed E-state index contributed by atoms with van der Waals surface area (Å²) in [5, 5.41) is 3.11. The van der Waals surface area contributed by atoms with Gasteiger partial charge in [-0.15, -0.1) is 0 Å². The quantitative estimate of drug-likeness (QED) is 0.860. The fraction of sp³-hybridized carbons (Fsp3) is 0.762. The molecule has 1 amide bonds. The molecule has 0 saturated carbocycles. The van der Waals surface area contributed by atoms with Crippen LogP contribution in [0.5, 0.6) is 0 Å². The van der Waals surface area contributed by atoms with E-state index in [0.717, 1.165) is 26.1 Å². The van der Waals surface area contributed by atoms with E-state index in [1.165, 1.54) is 12.8 Å². The van der Waals surface area contributed by atoms with E-state index in [1.807, 2.05) is 6.92 Å². The molecular formula is C21H32N4O2. The molecule has 4 atom stereocenters. The van der Waals surface area contributed by atoms with Crippen LogP contribution >= 0.6 is 0 Å². The average Bonchev–Trinajstić information content (AvgIpc) is 3.26. The minimum Gasteiger partial charge on any atom is -0.370 e. The van der Waals surface area contributed by atoms with Crippen LogP contribution in [0.3, 0.4) is 0 Å². The molecule has 3 fully saturated rings. The second kappa shape index (κ2) is 6.82. The van der Waals surface area contributed by atoms with Crippen molar-refractivity contribution < 1.29 is 9.53 Å². The van der Waals surface area contributed by atoms with Gasteiger partial charge in [0.05, 0.1) is 17.3 Å². The van der Waals surface area contributed by atoms with Crippen molar-refractivity contribution in [2.45, 2.75) is 58.7 Å². The number of aryl methyl sites for hydroxylation is 1. The Morgan fingerprint density at radius 3 is 2.81 bits per heavy atom. The van der Waals surface area contributed by atoms with Crippen LogP contribution in [0.4, 0.5) is 0 Å². The molecule has 6 heteroatoms. The molecule has 1 aromatic rings. The van der Waals surface area contributed by atoms with Crippen LogP contribution in [0.25, 0.3) is 0 Å². The number of fused-ring (bicyclic) bond motifs is 1. The Hall–Kier alpha value is -1.53. The summed E-state index contributed by atoms with van der Waals surface area (Å²) in [5.74, 6) is 1.53. The highest BCUT2D eigenvalue weighted by atomic mass is 16.5. The normalized spacial score (nSPS) is 32.7. The van der Waals surface area contributed by atoms with Gasteiger partial charge in [0.25, 0.3) is 5.91 Å². The molecule has 6 nitrogen and oxygen atoms in total. The van der Waals surface area contributed by atoms with Gasteiger partial charge in [-0.05, 0) is 38.1 Å². The van der Waals surface area contributed by atoms with E-state index >= 15 is 0 Å². The van der Waals surface area contributed by atoms with E-state index in [2.05, 4.69) is 41.0 Å². The maximum atomic E-state index is 12.4. The number of carbonyl (C=O) groups excluding carboxylic acids is 1. The van der Waals surface area contributed by atoms with Crippen molar-refractivity contribution in [1.82, 2.24) is 20.2 Å². The lowest BCUT2D eigenvalue weighted by atomic mass is 9.73. The number of aromatic nitrogens is 2. The van der Waals surface area contributed by atoms with Crippen LogP contribution in [0.15, 0.2) is 12.4 Å². The highest BCUT2D eigenvalue weighted by molar-refractivity contribution is 5.93. The molecule has 3 saturated heterocycles. The largest absolute Gasteiger partial charge is 0.370 e. The van der Waals surface area contributed by atoms with E-state index in [-0.39, 0.29) is 11.5 Å². The van der Waals surface area contributed by atoms with Gasteiger partial charge in [-0.25, -0.2) is 9.97 Å². The summed E-state index contributed by atoms with van der Waals surface area (Å²) in [4.78, 5) is 23.3. The summed E-state index contributed by atoms with van der Waals surface area (Å²) in [7, 11) is 0. The van der Waals surface area contributed by atoms with E-state index in [0.29, 0.717) is 41.3 Å². The minimum atomic E-state index is -0.0885. The van der Waals surface area contributed by atoms with Crippen molar-refractivity contribution in [2.75, 3.05) is 26.2 Å². The smallest absolute Gasteiger partial charge is 0.254 e. The van der Waals surface area contributed by atoms with Gasteiger partial charge in [-0.1, -0.05) is 20.8 Å². The standard InChI is InChI=1S/C21H32N4O2/c1-14-22-9-15(10-23-14)19(26)24-11-16-17-12-25(8-7-20(2,3)4)13-21(17)6-5-18(16)27-21/h9-10,16-18H,5-8,11-13H2,1-4H3,(H,24,26)/t16-,17+,18+,21+/m0/s1. The Morgan fingerprint density at radius 2 is 2.11 bits per heavy atom. The molecule has 4 heterocycles. The number of nitrogens with one attached hydrogen (secondary N) is 1. The molecule has 1 spiro atoms. The second-order valence-corrected chi connectivity index (χ2v) is 9.80. The molecule has 0 aromatic carbocycles. The Balaban J connectivity index is 1.37. The molecular weight excluding hydrogens is 340 g/mol. The Bertz CT molecular complexity index is 699. The molecule has 0 radical (unpaired) electrons. The summed E-state index contributed by atoms with van der Waals surface area (Å²) < 4.78 is 6.49. The maximum absolute atomic E-state index is 12.4. The molecule has 1 N–H and O–H groups in total. The number of rotatable bonds is 5. The van der Waals surface area contributed by atoms with E-state index < -0.39 is 0 Å². The molecule has 3 aliphatic heterocycles. The van der Waals surface area contributed by atoms with Crippen LogP contribution in [0, 0.1) is 24.2 Å². The summed E-state index contributed by atoms with van der Waals surface area (Å²) in [6.07, 6.45) is 6.99. The number of nitrogens with zero attached hydrogens (tertiary/aromatic N) is 3. The van der Waals surface area contributed by atoms with Crippen LogP contribution in [-0.4, -0.2) is 58.7 Å². The number of hydrogen-bond acceptors (Lipinski definition) is 5. The predicted molar refractivity (Wildman–Crippen MR) is 103 cm³/mol. The fourth-order valence-electron chi connectivity index (χ4n) is 5.05. The van der Waals surface area contributed by atoms with E-state index in [4.69, 9.17) is 4.74 Å². The number of carbonyl (C=O) groups is 1. The average molecular weight is 373 g/mol. The Labute approximate surface area is 162 Å². The van der Waals surface area contributed by atoms with Crippen LogP contribution < -0.4 is 5.32 Å². The van der Waals surface area contributed by atoms with Crippen LogP contribution in [-0.2, 0) is 4.74 Å². The van der Waals surface area contributed by atoms with Crippen molar-refractivity contribution >= 4 is 5.91 Å². The third-order valence-electron chi connectivity index (χ3n) is 6.57. The van der Waals surface area contributed by atoms with Gasteiger partial charge in [0.15, 0.2) is 0 Å². The van der Waals surface area contributed by atoms with Crippen molar-refractivity contribution in [3.63, 3.8) is 0 Å². The Morgan fingerprint density at radius 1 is 1.37 bits per heavy atom. The lowest BCUT2D eigenvalue weighted by molar-refractivity contribution is 0.00207. The fourth-order valence-corrected chi connectivity index (χ4v) is 5.05. The third kappa shape index (κ3) is 3.74. The summed E-state index contributed by atoms with van der Waals surface area (Å²) in [6, 6.07) is 0. The molecule has 1 aromatic heterocycles. The van der Waals surface area contributed by atoms with E-state index in [1.54, 1.807) is 12.4 Å². The highest BCUT2D eigenvalue weighted by Crippen LogP contribution is 2.54. The number of ether oxygens (including phenoxy) is 1. The zero-order valence-corrected chi connectivity index (χ0v) is 17.0. The van der Waals surface area contributed by atoms with Gasteiger partial charge in [-0.2, -0.15) is 0 Å². The lowest BCUT2D eigenvalue weighted by Gasteiger charge is -2.29. The third-order valence-corrected chi connectivity index (χ3v) is 6.57. The molecule has 4 rings (SSSR count). The first-order chi connectivity index (χ1) is 12.8. The van der Waals surface area contributed by atoms with Gasteiger partial charge in [0, 0.05) is 43.9 Å². The summed E-state index contributed by atoms with van der Waals surface area (Å²) in [5.41, 5.74) is 0.917. The maximum Gasteiger partial charge on any atom is 0.254 e. The zero-order chi connectivity index (χ0) is 19.2. The zero-order valence-electron chi connectivity index (χ0n) is 17.0. The monoisotopic (exact) mass is 372 g/mol. The van der Waals surface area contributed by atoms with Gasteiger partial charge in [0.2, 0.25) is 0 Å². The van der Waals surface area contributed by atoms with Gasteiger partial charge in [-0.3, -0.25) is 4.79 Å². The van der Waals surface area contributed by atoms with Crippen molar-refractivity contribution in [3.8, 4) is 0 Å². The minimum absolute atomic E-state index is 0.0327. The predicted octanol–water partition coefficient (Wildman–Crippen LogP) is 2.43. The first-order valence-corrected chi connectivity index (χ1v) is 10.2. The Kier molecular flexibility index (Phi) is 4.75. The van der Waals surface area contributed by atoms with Crippen LogP contribution in [0.2, 0.25) is 0 Å².